The number of aromatic amines is 2. The Morgan fingerprint density at radius 3 is 2.70 bits per heavy atom. The fraction of sp³-hybridized carbons (Fsp3) is 0.500. The molecule has 4 N–H and O–H groups in total. The van der Waals surface area contributed by atoms with E-state index in [0.717, 1.165) is 19.3 Å². The van der Waals surface area contributed by atoms with Crippen LogP contribution in [0, 0.1) is 16.0 Å². The summed E-state index contributed by atoms with van der Waals surface area (Å²) in [5, 5.41) is 11.0. The third-order valence-corrected chi connectivity index (χ3v) is 4.89. The van der Waals surface area contributed by atoms with Gasteiger partial charge in [-0.25, -0.2) is 9.78 Å². The Morgan fingerprint density at radius 2 is 1.96 bits per heavy atom. The van der Waals surface area contributed by atoms with Crippen LogP contribution in [0.25, 0.3) is 11.3 Å². The molecule has 122 valence electrons. The van der Waals surface area contributed by atoms with Crippen molar-refractivity contribution in [3.05, 3.63) is 26.7 Å². The van der Waals surface area contributed by atoms with Crippen LogP contribution in [-0.2, 0) is 0 Å². The van der Waals surface area contributed by atoms with Gasteiger partial charge in [0.2, 0.25) is 5.82 Å². The van der Waals surface area contributed by atoms with Crippen molar-refractivity contribution < 1.29 is 4.92 Å². The molecule has 0 bridgehead atoms. The highest BCUT2D eigenvalue weighted by atomic mass is 16.6. The Bertz CT molecular complexity index is 832. The highest BCUT2D eigenvalue weighted by Gasteiger charge is 2.33. The zero-order valence-corrected chi connectivity index (χ0v) is 12.7. The van der Waals surface area contributed by atoms with E-state index < -0.39 is 4.92 Å². The van der Waals surface area contributed by atoms with Crippen LogP contribution in [0.5, 0.6) is 0 Å². The summed E-state index contributed by atoms with van der Waals surface area (Å²) in [4.78, 5) is 28.6. The zero-order valence-electron chi connectivity index (χ0n) is 12.7. The standard InChI is InChI=1S/C14H18N6O3/c1-7-4-2-3-5-9(7)19-11-8-6-10(20(22)23)15-12(8)17-18-13(11)16-14(19)21/h6-7,9,15,17-18H,2-5H2,1H3,(H,16,21). The number of aromatic nitrogens is 3. The van der Waals surface area contributed by atoms with Crippen molar-refractivity contribution in [3.63, 3.8) is 0 Å². The van der Waals surface area contributed by atoms with Crippen molar-refractivity contribution in [1.82, 2.24) is 14.5 Å². The number of nitro groups is 1. The normalized spacial score (nSPS) is 22.7. The molecule has 2 aromatic heterocycles. The van der Waals surface area contributed by atoms with Crippen molar-refractivity contribution >= 4 is 17.5 Å². The molecule has 1 aliphatic carbocycles. The second kappa shape index (κ2) is 4.90. The minimum absolute atomic E-state index is 0.103. The number of H-pyrrole nitrogens is 2. The Morgan fingerprint density at radius 1 is 1.22 bits per heavy atom. The number of hydrazine groups is 1. The average Bonchev–Trinajstić information content (AvgIpc) is 3.08. The van der Waals surface area contributed by atoms with E-state index in [2.05, 4.69) is 27.7 Å². The van der Waals surface area contributed by atoms with Crippen LogP contribution < -0.4 is 16.5 Å². The largest absolute Gasteiger partial charge is 0.358 e. The molecule has 2 atom stereocenters. The summed E-state index contributed by atoms with van der Waals surface area (Å²) in [6.45, 7) is 2.16. The predicted octanol–water partition coefficient (Wildman–Crippen LogP) is 2.58. The second-order valence-corrected chi connectivity index (χ2v) is 6.30. The van der Waals surface area contributed by atoms with Gasteiger partial charge in [0.1, 0.15) is 5.69 Å². The summed E-state index contributed by atoms with van der Waals surface area (Å²) in [5.41, 5.74) is 6.91. The minimum atomic E-state index is -0.474. The monoisotopic (exact) mass is 318 g/mol. The highest BCUT2D eigenvalue weighted by Crippen LogP contribution is 2.42. The molecule has 1 saturated carbocycles. The summed E-state index contributed by atoms with van der Waals surface area (Å²) >= 11 is 0. The molecule has 23 heavy (non-hydrogen) atoms. The van der Waals surface area contributed by atoms with Gasteiger partial charge in [0.05, 0.1) is 5.56 Å². The number of imidazole rings is 1. The van der Waals surface area contributed by atoms with Crippen LogP contribution in [-0.4, -0.2) is 19.5 Å². The maximum Gasteiger partial charge on any atom is 0.327 e. The SMILES string of the molecule is CC1CCCCC1n1c2c([nH]c1=O)NNc1[nH]c([N+](=O)[O-])cc1-2. The van der Waals surface area contributed by atoms with Gasteiger partial charge in [-0.05, 0) is 23.7 Å². The third-order valence-electron chi connectivity index (χ3n) is 4.89. The Balaban J connectivity index is 1.89. The molecule has 0 amide bonds. The number of hydrogen-bond acceptors (Lipinski definition) is 5. The van der Waals surface area contributed by atoms with Gasteiger partial charge in [0, 0.05) is 12.1 Å². The van der Waals surface area contributed by atoms with Crippen LogP contribution in [0.15, 0.2) is 10.9 Å². The average molecular weight is 318 g/mol. The fourth-order valence-corrected chi connectivity index (χ4v) is 3.75. The first-order valence-corrected chi connectivity index (χ1v) is 7.80. The van der Waals surface area contributed by atoms with E-state index in [1.807, 2.05) is 0 Å². The molecule has 2 aromatic rings. The van der Waals surface area contributed by atoms with E-state index in [9.17, 15) is 14.9 Å². The van der Waals surface area contributed by atoms with Crippen LogP contribution >= 0.6 is 0 Å². The number of nitrogens with zero attached hydrogens (tertiary/aromatic N) is 2. The number of hydrogen-bond donors (Lipinski definition) is 4. The molecule has 1 aliphatic heterocycles. The molecule has 0 saturated heterocycles. The summed E-state index contributed by atoms with van der Waals surface area (Å²) in [5.74, 6) is 1.34. The molecule has 9 nitrogen and oxygen atoms in total. The number of anilines is 2. The van der Waals surface area contributed by atoms with Gasteiger partial charge < -0.3 is 10.1 Å². The summed E-state index contributed by atoms with van der Waals surface area (Å²) < 4.78 is 1.77. The molecule has 0 radical (unpaired) electrons. The van der Waals surface area contributed by atoms with Gasteiger partial charge in [-0.3, -0.25) is 20.4 Å². The first-order valence-electron chi connectivity index (χ1n) is 7.80. The molecule has 2 aliphatic rings. The number of rotatable bonds is 2. The van der Waals surface area contributed by atoms with Crippen LogP contribution in [0.3, 0.4) is 0 Å². The van der Waals surface area contributed by atoms with Gasteiger partial charge in [-0.1, -0.05) is 19.8 Å². The highest BCUT2D eigenvalue weighted by molar-refractivity contribution is 5.87. The molecular formula is C14H18N6O3. The molecule has 3 heterocycles. The minimum Gasteiger partial charge on any atom is -0.358 e. The zero-order chi connectivity index (χ0) is 16.1. The van der Waals surface area contributed by atoms with Gasteiger partial charge in [-0.15, -0.1) is 0 Å². The maximum absolute atomic E-state index is 12.5. The van der Waals surface area contributed by atoms with E-state index >= 15 is 0 Å². The lowest BCUT2D eigenvalue weighted by atomic mass is 9.85. The van der Waals surface area contributed by atoms with Crippen LogP contribution in [0.4, 0.5) is 17.5 Å². The van der Waals surface area contributed by atoms with Crippen molar-refractivity contribution in [1.29, 1.82) is 0 Å². The van der Waals surface area contributed by atoms with E-state index in [4.69, 9.17) is 0 Å². The smallest absolute Gasteiger partial charge is 0.327 e. The van der Waals surface area contributed by atoms with Crippen molar-refractivity contribution in [3.8, 4) is 11.3 Å². The molecule has 2 unspecified atom stereocenters. The van der Waals surface area contributed by atoms with Crippen molar-refractivity contribution in [2.75, 3.05) is 10.9 Å². The molecule has 0 spiro atoms. The third kappa shape index (κ3) is 2.03. The van der Waals surface area contributed by atoms with E-state index in [0.29, 0.717) is 28.8 Å². The Hall–Kier alpha value is -2.71. The lowest BCUT2D eigenvalue weighted by Gasteiger charge is -2.31. The number of nitrogens with one attached hydrogen (secondary N) is 4. The van der Waals surface area contributed by atoms with Crippen molar-refractivity contribution in [2.45, 2.75) is 38.6 Å². The lowest BCUT2D eigenvalue weighted by Crippen LogP contribution is -2.29. The van der Waals surface area contributed by atoms with E-state index in [-0.39, 0.29) is 17.5 Å². The molecule has 0 aromatic carbocycles. The van der Waals surface area contributed by atoms with Gasteiger partial charge in [0.25, 0.3) is 0 Å². The Kier molecular flexibility index (Phi) is 2.97. The first kappa shape index (κ1) is 13.9. The fourth-order valence-electron chi connectivity index (χ4n) is 3.75. The topological polar surface area (TPSA) is 121 Å². The summed E-state index contributed by atoms with van der Waals surface area (Å²) in [7, 11) is 0. The van der Waals surface area contributed by atoms with Gasteiger partial charge >= 0.3 is 11.5 Å². The summed E-state index contributed by atoms with van der Waals surface area (Å²) in [6.07, 6.45) is 4.30. The van der Waals surface area contributed by atoms with Gasteiger partial charge in [-0.2, -0.15) is 0 Å². The van der Waals surface area contributed by atoms with Crippen molar-refractivity contribution in [2.24, 2.45) is 5.92 Å². The molecular weight excluding hydrogens is 300 g/mol. The molecule has 1 fully saturated rings. The Labute approximate surface area is 131 Å². The first-order chi connectivity index (χ1) is 11.1. The number of fused-ring (bicyclic) bond motifs is 3. The second-order valence-electron chi connectivity index (χ2n) is 6.30. The van der Waals surface area contributed by atoms with E-state index in [1.165, 1.54) is 12.5 Å². The molecule has 9 heteroatoms. The van der Waals surface area contributed by atoms with Crippen LogP contribution in [0.2, 0.25) is 0 Å². The lowest BCUT2D eigenvalue weighted by molar-refractivity contribution is -0.389. The molecule has 4 rings (SSSR count). The predicted molar refractivity (Wildman–Crippen MR) is 85.4 cm³/mol. The maximum atomic E-state index is 12.5. The van der Waals surface area contributed by atoms with Gasteiger partial charge in [0.15, 0.2) is 5.82 Å². The quantitative estimate of drug-likeness (QED) is 0.501. The van der Waals surface area contributed by atoms with Crippen LogP contribution in [0.1, 0.15) is 38.6 Å². The summed E-state index contributed by atoms with van der Waals surface area (Å²) in [6, 6.07) is 1.58. The van der Waals surface area contributed by atoms with E-state index in [1.54, 1.807) is 4.57 Å².